The van der Waals surface area contributed by atoms with Gasteiger partial charge in [0.25, 0.3) is 0 Å². The average Bonchev–Trinajstić information content (AvgIpc) is 3.30. The van der Waals surface area contributed by atoms with E-state index < -0.39 is 5.82 Å². The summed E-state index contributed by atoms with van der Waals surface area (Å²) < 4.78 is 35.3. The molecule has 1 amide bonds. The summed E-state index contributed by atoms with van der Waals surface area (Å²) in [5, 5.41) is 0. The SMILES string of the molecule is O=C1CCOc2c(F)cccc2-c2cccc(c2F)C[C@H]2CC3(CC3)CN12. The third-order valence-corrected chi connectivity index (χ3v) is 6.25. The highest BCUT2D eigenvalue weighted by molar-refractivity contribution is 5.78. The van der Waals surface area contributed by atoms with Crippen LogP contribution in [0.5, 0.6) is 5.75 Å². The lowest BCUT2D eigenvalue weighted by Crippen LogP contribution is -2.38. The molecule has 3 aliphatic rings. The second kappa shape index (κ2) is 6.04. The number of fused-ring (bicyclic) bond motifs is 5. The predicted octanol–water partition coefficient (Wildman–Crippen LogP) is 4.34. The predicted molar refractivity (Wildman–Crippen MR) is 97.4 cm³/mol. The van der Waals surface area contributed by atoms with Gasteiger partial charge in [-0.05, 0) is 42.7 Å². The van der Waals surface area contributed by atoms with Crippen LogP contribution >= 0.6 is 0 Å². The minimum absolute atomic E-state index is 0.0126. The molecule has 1 aliphatic carbocycles. The van der Waals surface area contributed by atoms with Gasteiger partial charge in [-0.2, -0.15) is 0 Å². The molecule has 1 atom stereocenters. The molecule has 0 unspecified atom stereocenters. The Labute approximate surface area is 156 Å². The lowest BCUT2D eigenvalue weighted by Gasteiger charge is -2.26. The van der Waals surface area contributed by atoms with Crippen molar-refractivity contribution in [1.29, 1.82) is 0 Å². The zero-order valence-electron chi connectivity index (χ0n) is 15.0. The fraction of sp³-hybridized carbons (Fsp3) is 0.409. The number of ether oxygens (including phenoxy) is 1. The highest BCUT2D eigenvalue weighted by atomic mass is 19.1. The van der Waals surface area contributed by atoms with E-state index in [-0.39, 0.29) is 42.0 Å². The number of halogens is 2. The summed E-state index contributed by atoms with van der Waals surface area (Å²) in [6, 6.07) is 9.75. The van der Waals surface area contributed by atoms with Gasteiger partial charge in [-0.3, -0.25) is 4.79 Å². The van der Waals surface area contributed by atoms with Crippen molar-refractivity contribution in [2.45, 2.75) is 38.1 Å². The molecule has 2 heterocycles. The first-order valence-corrected chi connectivity index (χ1v) is 9.55. The number of hydrogen-bond acceptors (Lipinski definition) is 2. The van der Waals surface area contributed by atoms with Crippen LogP contribution < -0.4 is 4.74 Å². The molecule has 27 heavy (non-hydrogen) atoms. The van der Waals surface area contributed by atoms with E-state index in [1.54, 1.807) is 30.3 Å². The fourth-order valence-corrected chi connectivity index (χ4v) is 4.63. The van der Waals surface area contributed by atoms with Gasteiger partial charge in [0.2, 0.25) is 5.91 Å². The molecule has 3 nitrogen and oxygen atoms in total. The largest absolute Gasteiger partial charge is 0.489 e. The summed E-state index contributed by atoms with van der Waals surface area (Å²) in [4.78, 5) is 14.7. The van der Waals surface area contributed by atoms with Gasteiger partial charge in [0.1, 0.15) is 5.82 Å². The number of carbonyl (C=O) groups is 1. The van der Waals surface area contributed by atoms with Crippen molar-refractivity contribution in [3.63, 3.8) is 0 Å². The Hall–Kier alpha value is -2.43. The Balaban J connectivity index is 1.61. The molecular weight excluding hydrogens is 348 g/mol. The number of amides is 1. The van der Waals surface area contributed by atoms with Crippen molar-refractivity contribution in [2.75, 3.05) is 13.2 Å². The molecule has 140 valence electrons. The molecule has 1 saturated carbocycles. The quantitative estimate of drug-likeness (QED) is 0.691. The highest BCUT2D eigenvalue weighted by Gasteiger charge is 2.53. The molecule has 2 aromatic rings. The zero-order chi connectivity index (χ0) is 18.6. The lowest BCUT2D eigenvalue weighted by molar-refractivity contribution is -0.132. The molecule has 0 radical (unpaired) electrons. The first-order chi connectivity index (χ1) is 13.1. The Morgan fingerprint density at radius 2 is 1.85 bits per heavy atom. The fourth-order valence-electron chi connectivity index (χ4n) is 4.63. The maximum atomic E-state index is 15.3. The molecule has 1 saturated heterocycles. The minimum Gasteiger partial charge on any atom is -0.489 e. The van der Waals surface area contributed by atoms with E-state index in [2.05, 4.69) is 0 Å². The van der Waals surface area contributed by atoms with Gasteiger partial charge >= 0.3 is 0 Å². The van der Waals surface area contributed by atoms with E-state index in [0.717, 1.165) is 25.8 Å². The van der Waals surface area contributed by atoms with Crippen LogP contribution in [-0.2, 0) is 11.2 Å². The summed E-state index contributed by atoms with van der Waals surface area (Å²) in [6.45, 7) is 0.840. The van der Waals surface area contributed by atoms with E-state index in [1.165, 1.54) is 6.07 Å². The van der Waals surface area contributed by atoms with Crippen molar-refractivity contribution in [3.8, 4) is 16.9 Å². The monoisotopic (exact) mass is 369 g/mol. The van der Waals surface area contributed by atoms with Crippen LogP contribution in [0.25, 0.3) is 11.1 Å². The van der Waals surface area contributed by atoms with Gasteiger partial charge in [-0.15, -0.1) is 0 Å². The molecule has 0 aromatic heterocycles. The van der Waals surface area contributed by atoms with Crippen molar-refractivity contribution in [3.05, 3.63) is 53.6 Å². The molecule has 0 N–H and O–H groups in total. The van der Waals surface area contributed by atoms with Crippen LogP contribution in [0.4, 0.5) is 8.78 Å². The first-order valence-electron chi connectivity index (χ1n) is 9.55. The number of carbonyl (C=O) groups excluding carboxylic acids is 1. The number of para-hydroxylation sites is 1. The Morgan fingerprint density at radius 1 is 1.07 bits per heavy atom. The molecular formula is C22H21F2NO2. The van der Waals surface area contributed by atoms with Crippen LogP contribution in [0.3, 0.4) is 0 Å². The first kappa shape index (κ1) is 16.7. The Bertz CT molecular complexity index is 923. The van der Waals surface area contributed by atoms with Crippen LogP contribution in [0, 0.1) is 17.0 Å². The Kier molecular flexibility index (Phi) is 3.74. The molecule has 2 fully saturated rings. The van der Waals surface area contributed by atoms with Gasteiger partial charge in [0.15, 0.2) is 11.6 Å². The van der Waals surface area contributed by atoms with E-state index >= 15 is 4.39 Å². The minimum atomic E-state index is -0.544. The summed E-state index contributed by atoms with van der Waals surface area (Å²) in [7, 11) is 0. The molecule has 1 spiro atoms. The van der Waals surface area contributed by atoms with Gasteiger partial charge in [-0.1, -0.05) is 30.3 Å². The molecule has 5 heteroatoms. The Morgan fingerprint density at radius 3 is 2.67 bits per heavy atom. The number of benzene rings is 2. The van der Waals surface area contributed by atoms with E-state index in [1.807, 2.05) is 4.90 Å². The summed E-state index contributed by atoms with van der Waals surface area (Å²) >= 11 is 0. The maximum Gasteiger partial charge on any atom is 0.226 e. The number of rotatable bonds is 0. The second-order valence-electron chi connectivity index (χ2n) is 8.08. The van der Waals surface area contributed by atoms with Gasteiger partial charge < -0.3 is 9.64 Å². The van der Waals surface area contributed by atoms with E-state index in [9.17, 15) is 9.18 Å². The normalized spacial score (nSPS) is 23.1. The van der Waals surface area contributed by atoms with Crippen LogP contribution in [-0.4, -0.2) is 30.0 Å². The zero-order valence-corrected chi connectivity index (χ0v) is 15.0. The number of hydrogen-bond donors (Lipinski definition) is 0. The summed E-state index contributed by atoms with van der Waals surface area (Å²) in [5.74, 6) is -0.868. The van der Waals surface area contributed by atoms with Gasteiger partial charge in [0, 0.05) is 23.7 Å². The second-order valence-corrected chi connectivity index (χ2v) is 8.08. The molecule has 5 rings (SSSR count). The summed E-state index contributed by atoms with van der Waals surface area (Å²) in [6.07, 6.45) is 3.93. The van der Waals surface area contributed by atoms with Crippen molar-refractivity contribution < 1.29 is 18.3 Å². The van der Waals surface area contributed by atoms with Crippen molar-refractivity contribution >= 4 is 5.91 Å². The average molecular weight is 369 g/mol. The molecule has 2 aliphatic heterocycles. The summed E-state index contributed by atoms with van der Waals surface area (Å²) in [5.41, 5.74) is 1.55. The van der Waals surface area contributed by atoms with E-state index in [0.29, 0.717) is 23.1 Å². The number of nitrogens with zero attached hydrogens (tertiary/aromatic N) is 1. The third-order valence-electron chi connectivity index (χ3n) is 6.25. The van der Waals surface area contributed by atoms with Crippen LogP contribution in [0.2, 0.25) is 0 Å². The van der Waals surface area contributed by atoms with E-state index in [4.69, 9.17) is 4.74 Å². The molecule has 2 aromatic carbocycles. The van der Waals surface area contributed by atoms with Gasteiger partial charge in [-0.25, -0.2) is 8.78 Å². The third kappa shape index (κ3) is 2.80. The topological polar surface area (TPSA) is 29.5 Å². The lowest BCUT2D eigenvalue weighted by atomic mass is 9.94. The highest BCUT2D eigenvalue weighted by Crippen LogP contribution is 2.55. The molecule has 2 bridgehead atoms. The van der Waals surface area contributed by atoms with Crippen LogP contribution in [0.15, 0.2) is 36.4 Å². The maximum absolute atomic E-state index is 15.3. The standard InChI is InChI=1S/C22H21F2NO2/c23-18-6-2-5-17-16-4-1-3-14(20(16)24)11-15-12-22(8-9-22)13-25(15)19(26)7-10-27-21(17)18/h1-6,15H,7-13H2/t15-/m0/s1. The van der Waals surface area contributed by atoms with Crippen molar-refractivity contribution in [1.82, 2.24) is 4.90 Å². The van der Waals surface area contributed by atoms with Crippen LogP contribution in [0.1, 0.15) is 31.2 Å². The smallest absolute Gasteiger partial charge is 0.226 e. The van der Waals surface area contributed by atoms with Gasteiger partial charge in [0.05, 0.1) is 13.0 Å². The van der Waals surface area contributed by atoms with Crippen molar-refractivity contribution in [2.24, 2.45) is 5.41 Å².